The van der Waals surface area contributed by atoms with Crippen molar-refractivity contribution in [2.75, 3.05) is 31.6 Å². The molecule has 0 radical (unpaired) electrons. The molecule has 0 saturated carbocycles. The van der Waals surface area contributed by atoms with Gasteiger partial charge in [0.2, 0.25) is 5.91 Å². The lowest BCUT2D eigenvalue weighted by Crippen LogP contribution is -2.44. The predicted octanol–water partition coefficient (Wildman–Crippen LogP) is 4.02. The topological polar surface area (TPSA) is 220 Å². The van der Waals surface area contributed by atoms with Gasteiger partial charge in [0.15, 0.2) is 0 Å². The minimum atomic E-state index is -1.31. The van der Waals surface area contributed by atoms with E-state index in [9.17, 15) is 39.0 Å². The zero-order chi connectivity index (χ0) is 37.6. The fraction of sp³-hybridized carbons (Fsp3) is 0.194. The minimum absolute atomic E-state index is 0.0729. The van der Waals surface area contributed by atoms with Crippen LogP contribution in [0.1, 0.15) is 22.6 Å². The molecular formula is C36H30BrN5O11. The molecule has 0 bridgehead atoms. The Bertz CT molecular complexity index is 2310. The smallest absolute Gasteiger partial charge is 0.413 e. The molecule has 53 heavy (non-hydrogen) atoms. The van der Waals surface area contributed by atoms with Crippen LogP contribution >= 0.6 is 15.9 Å². The van der Waals surface area contributed by atoms with Crippen molar-refractivity contribution in [3.8, 4) is 16.9 Å². The van der Waals surface area contributed by atoms with Gasteiger partial charge in [-0.15, -0.1) is 0 Å². The van der Waals surface area contributed by atoms with Crippen LogP contribution in [0.5, 0.6) is 5.75 Å². The number of rotatable bonds is 12. The van der Waals surface area contributed by atoms with E-state index in [0.717, 1.165) is 37.8 Å². The summed E-state index contributed by atoms with van der Waals surface area (Å²) in [6.07, 6.45) is -0.578. The number of carbonyl (C=O) groups is 4. The molecule has 2 heterocycles. The lowest BCUT2D eigenvalue weighted by Gasteiger charge is -2.21. The van der Waals surface area contributed by atoms with Crippen molar-refractivity contribution in [1.29, 1.82) is 0 Å². The molecule has 2 aromatic heterocycles. The first-order valence-electron chi connectivity index (χ1n) is 16.0. The predicted molar refractivity (Wildman–Crippen MR) is 191 cm³/mol. The third kappa shape index (κ3) is 8.53. The zero-order valence-electron chi connectivity index (χ0n) is 27.6. The van der Waals surface area contributed by atoms with Crippen LogP contribution in [0.25, 0.3) is 22.1 Å². The zero-order valence-corrected chi connectivity index (χ0v) is 29.2. The van der Waals surface area contributed by atoms with Gasteiger partial charge in [-0.1, -0.05) is 48.5 Å². The molecule has 6 rings (SSSR count). The average molecular weight is 789 g/mol. The number of alkyl carbamates (subject to hydrolysis) is 1. The lowest BCUT2D eigenvalue weighted by atomic mass is 9.98. The number of amides is 3. The molecule has 0 saturated heterocycles. The fourth-order valence-corrected chi connectivity index (χ4v) is 6.24. The molecule has 272 valence electrons. The van der Waals surface area contributed by atoms with Crippen LogP contribution in [-0.4, -0.2) is 75.0 Å². The third-order valence-corrected chi connectivity index (χ3v) is 8.97. The summed E-state index contributed by atoms with van der Waals surface area (Å²) in [6.45, 7) is -1.90. The van der Waals surface area contributed by atoms with Gasteiger partial charge in [-0.2, -0.15) is 4.98 Å². The second-order valence-corrected chi connectivity index (χ2v) is 12.6. The molecule has 0 spiro atoms. The quantitative estimate of drug-likeness (QED) is 0.132. The molecule has 0 aliphatic heterocycles. The van der Waals surface area contributed by atoms with Crippen LogP contribution in [0.2, 0.25) is 0 Å². The molecule has 0 atom stereocenters. The number of phenols is 1. The number of nitrogens with zero attached hydrogens (tertiary/aromatic N) is 3. The van der Waals surface area contributed by atoms with Gasteiger partial charge in [-0.05, 0) is 50.3 Å². The second-order valence-electron chi connectivity index (χ2n) is 11.8. The van der Waals surface area contributed by atoms with Gasteiger partial charge in [-0.25, -0.2) is 19.2 Å². The highest BCUT2D eigenvalue weighted by Crippen LogP contribution is 2.44. The Balaban J connectivity index is 1.000. The largest absolute Gasteiger partial charge is 0.507 e. The number of hydrogen-bond donors (Lipinski definition) is 4. The summed E-state index contributed by atoms with van der Waals surface area (Å²) in [7, 11) is 0. The number of nitrogens with one attached hydrogen (secondary N) is 2. The minimum Gasteiger partial charge on any atom is -0.507 e. The first-order chi connectivity index (χ1) is 25.5. The molecule has 16 nitrogen and oxygen atoms in total. The van der Waals surface area contributed by atoms with Crippen molar-refractivity contribution in [3.63, 3.8) is 0 Å². The number of fused-ring (bicyclic) bond motifs is 4. The van der Waals surface area contributed by atoms with Crippen molar-refractivity contribution in [3.05, 3.63) is 121 Å². The number of hydrogen-bond acceptors (Lipinski definition) is 11. The van der Waals surface area contributed by atoms with E-state index in [1.807, 2.05) is 48.5 Å². The molecule has 4 N–H and O–H groups in total. The van der Waals surface area contributed by atoms with E-state index in [0.29, 0.717) is 9.86 Å². The van der Waals surface area contributed by atoms with Crippen LogP contribution in [0.15, 0.2) is 97.5 Å². The fourth-order valence-electron chi connectivity index (χ4n) is 5.90. The summed E-state index contributed by atoms with van der Waals surface area (Å²) in [5, 5.41) is 24.5. The summed E-state index contributed by atoms with van der Waals surface area (Å²) >= 11 is 3.18. The van der Waals surface area contributed by atoms with E-state index in [2.05, 4.69) is 31.5 Å². The maximum absolute atomic E-state index is 13.0. The van der Waals surface area contributed by atoms with Crippen molar-refractivity contribution in [1.82, 2.24) is 19.8 Å². The van der Waals surface area contributed by atoms with E-state index >= 15 is 0 Å². The SMILES string of the molecule is O=C(O)CN(CCNC(=O)OCC1c2ccccc2-c2ccccc21)C(=O)Cn1ccc(NC(=O)OCc2cc(=O)oc3cc(O)c(Br)cc23)nc1=O. The molecule has 3 amide bonds. The standard InChI is InChI=1S/C36H30BrN5O11/c37-27-14-25-20(13-33(47)53-29(25)15-28(27)43)18-51-36(50)40-30-9-11-42(34(48)39-30)16-31(44)41(17-32(45)46)12-10-38-35(49)52-19-26-23-7-3-1-5-21(23)22-6-2-4-8-24(22)26/h1-9,11,13-15,26,43H,10,12,16-19H2,(H,38,49)(H,45,46)(H,39,40,48,50). The number of carboxylic acids is 1. The molecule has 1 aliphatic carbocycles. The molecular weight excluding hydrogens is 758 g/mol. The number of halogens is 1. The Hall–Kier alpha value is -6.49. The number of aliphatic carboxylic acids is 1. The number of aromatic nitrogens is 2. The lowest BCUT2D eigenvalue weighted by molar-refractivity contribution is -0.144. The first kappa shape index (κ1) is 36.3. The van der Waals surface area contributed by atoms with Crippen LogP contribution in [0.4, 0.5) is 15.4 Å². The van der Waals surface area contributed by atoms with E-state index in [-0.39, 0.29) is 54.9 Å². The number of ether oxygens (including phenoxy) is 2. The number of carbonyl (C=O) groups excluding carboxylic acids is 3. The van der Waals surface area contributed by atoms with Gasteiger partial charge in [0.05, 0.1) is 4.47 Å². The Labute approximate surface area is 307 Å². The summed E-state index contributed by atoms with van der Waals surface area (Å²) in [4.78, 5) is 78.9. The van der Waals surface area contributed by atoms with Gasteiger partial charge in [0.25, 0.3) is 0 Å². The van der Waals surface area contributed by atoms with Gasteiger partial charge < -0.3 is 34.3 Å². The van der Waals surface area contributed by atoms with Crippen molar-refractivity contribution < 1.29 is 43.3 Å². The Kier molecular flexibility index (Phi) is 10.8. The Morgan fingerprint density at radius 3 is 2.32 bits per heavy atom. The summed E-state index contributed by atoms with van der Waals surface area (Å²) < 4.78 is 17.0. The highest BCUT2D eigenvalue weighted by molar-refractivity contribution is 9.10. The van der Waals surface area contributed by atoms with Gasteiger partial charge in [-0.3, -0.25) is 19.5 Å². The maximum Gasteiger partial charge on any atom is 0.413 e. The third-order valence-electron chi connectivity index (χ3n) is 8.34. The van der Waals surface area contributed by atoms with Crippen LogP contribution < -0.4 is 21.9 Å². The molecule has 0 fully saturated rings. The Morgan fingerprint density at radius 2 is 1.64 bits per heavy atom. The maximum atomic E-state index is 13.0. The summed E-state index contributed by atoms with van der Waals surface area (Å²) in [6, 6.07) is 20.8. The van der Waals surface area contributed by atoms with Crippen molar-refractivity contribution >= 4 is 56.8 Å². The van der Waals surface area contributed by atoms with E-state index < -0.39 is 48.5 Å². The monoisotopic (exact) mass is 787 g/mol. The van der Waals surface area contributed by atoms with Crippen LogP contribution in [0, 0.1) is 0 Å². The normalized spacial score (nSPS) is 11.7. The molecule has 3 aromatic carbocycles. The summed E-state index contributed by atoms with van der Waals surface area (Å²) in [5.74, 6) is -2.57. The molecule has 0 unspecified atom stereocenters. The van der Waals surface area contributed by atoms with Gasteiger partial charge in [0, 0.05) is 48.3 Å². The highest BCUT2D eigenvalue weighted by atomic mass is 79.9. The first-order valence-corrected chi connectivity index (χ1v) is 16.8. The van der Waals surface area contributed by atoms with Crippen LogP contribution in [0.3, 0.4) is 0 Å². The van der Waals surface area contributed by atoms with Crippen molar-refractivity contribution in [2.24, 2.45) is 0 Å². The van der Waals surface area contributed by atoms with Crippen molar-refractivity contribution in [2.45, 2.75) is 19.1 Å². The van der Waals surface area contributed by atoms with Gasteiger partial charge in [0.1, 0.15) is 43.5 Å². The second kappa shape index (κ2) is 15.8. The number of phenolic OH excluding ortho intramolecular Hbond substituents is 1. The molecule has 1 aliphatic rings. The highest BCUT2D eigenvalue weighted by Gasteiger charge is 2.29. The van der Waals surface area contributed by atoms with E-state index in [1.54, 1.807) is 0 Å². The molecule has 5 aromatic rings. The number of anilines is 1. The summed E-state index contributed by atoms with van der Waals surface area (Å²) in [5.41, 5.74) is 2.93. The van der Waals surface area contributed by atoms with E-state index in [4.69, 9.17) is 13.9 Å². The van der Waals surface area contributed by atoms with Gasteiger partial charge >= 0.3 is 29.5 Å². The number of benzene rings is 3. The molecule has 17 heteroatoms. The number of carboxylic acid groups (broad SMARTS) is 1. The van der Waals surface area contributed by atoms with E-state index in [1.165, 1.54) is 24.4 Å². The Morgan fingerprint density at radius 1 is 0.943 bits per heavy atom. The number of aromatic hydroxyl groups is 1. The average Bonchev–Trinajstić information content (AvgIpc) is 3.44. The van der Waals surface area contributed by atoms with Crippen LogP contribution in [-0.2, 0) is 32.2 Å².